The lowest BCUT2D eigenvalue weighted by molar-refractivity contribution is -0.139. The van der Waals surface area contributed by atoms with E-state index < -0.39 is 31.4 Å². The molecule has 0 amide bonds. The molecule has 0 N–H and O–H groups in total. The highest BCUT2D eigenvalue weighted by atomic mass is 28.4. The smallest absolute Gasteiger partial charge is 0.463 e. The molecule has 232 valence electrons. The third kappa shape index (κ3) is 20.1. The Morgan fingerprint density at radius 1 is 0.650 bits per heavy atom. The lowest BCUT2D eigenvalue weighted by Crippen LogP contribution is -2.44. The van der Waals surface area contributed by atoms with Gasteiger partial charge in [-0.3, -0.25) is 0 Å². The Morgan fingerprint density at radius 3 is 1.32 bits per heavy atom. The minimum absolute atomic E-state index is 0.315. The molecule has 13 heteroatoms. The van der Waals surface area contributed by atoms with Crippen molar-refractivity contribution in [2.45, 2.75) is 77.4 Å². The van der Waals surface area contributed by atoms with Gasteiger partial charge in [0.15, 0.2) is 16.6 Å². The van der Waals surface area contributed by atoms with Crippen LogP contribution in [0.15, 0.2) is 37.0 Å². The van der Waals surface area contributed by atoms with Crippen LogP contribution in [0.4, 0.5) is 0 Å². The standard InChI is InChI=1S/C18H34O5Si2.C9H18O5Si/c1-15(2)17(19)21-11-9-13-24(5,6)23-25(7,8)14-10-12-22-18(20)16(3)4;1-5-9(10)14-7-6-8-15(11-2,12-3)13-4/h1,3,9-14H2,2,4-8H3;5H,1,6-8H2,2-4H3. The third-order valence-corrected chi connectivity index (χ3v) is 15.9. The number of carbonyl (C=O) groups excluding carboxylic acids is 3. The molecule has 0 rings (SSSR count). The molecule has 0 aliphatic rings. The zero-order valence-electron chi connectivity index (χ0n) is 26.1. The molecule has 40 heavy (non-hydrogen) atoms. The Kier molecular flexibility index (Phi) is 21.1. The van der Waals surface area contributed by atoms with Crippen molar-refractivity contribution in [3.8, 4) is 0 Å². The van der Waals surface area contributed by atoms with Gasteiger partial charge in [-0.05, 0) is 71.4 Å². The summed E-state index contributed by atoms with van der Waals surface area (Å²) in [5.74, 6) is -1.09. The first kappa shape index (κ1) is 40.3. The zero-order valence-corrected chi connectivity index (χ0v) is 29.1. The summed E-state index contributed by atoms with van der Waals surface area (Å²) in [4.78, 5) is 33.4. The molecule has 0 aliphatic heterocycles. The molecule has 0 heterocycles. The number of hydrogen-bond acceptors (Lipinski definition) is 10. The molecule has 0 saturated carbocycles. The van der Waals surface area contributed by atoms with E-state index in [0.29, 0.717) is 43.4 Å². The second-order valence-corrected chi connectivity index (χ2v) is 22.4. The molecular weight excluding hydrogens is 569 g/mol. The monoisotopic (exact) mass is 620 g/mol. The number of esters is 3. The molecule has 0 bridgehead atoms. The van der Waals surface area contributed by atoms with Gasteiger partial charge in [0, 0.05) is 44.6 Å². The van der Waals surface area contributed by atoms with E-state index in [-0.39, 0.29) is 11.9 Å². The number of ether oxygens (including phenoxy) is 3. The SMILES string of the molecule is C=C(C)C(=O)OCCC[Si](C)(C)O[Si](C)(C)CCCOC(=O)C(=C)C.C=CC(=O)OCCC[Si](OC)(OC)OC. The van der Waals surface area contributed by atoms with Crippen LogP contribution in [-0.4, -0.2) is 84.5 Å². The maximum atomic E-state index is 11.4. The lowest BCUT2D eigenvalue weighted by atomic mass is 10.4. The second-order valence-electron chi connectivity index (χ2n) is 10.4. The van der Waals surface area contributed by atoms with Crippen LogP contribution in [-0.2, 0) is 46.0 Å². The van der Waals surface area contributed by atoms with E-state index in [4.69, 9.17) is 31.6 Å². The van der Waals surface area contributed by atoms with Crippen LogP contribution in [0, 0.1) is 0 Å². The fourth-order valence-corrected chi connectivity index (χ4v) is 14.0. The van der Waals surface area contributed by atoms with E-state index >= 15 is 0 Å². The molecule has 0 fully saturated rings. The van der Waals surface area contributed by atoms with Crippen LogP contribution in [0.25, 0.3) is 0 Å². The van der Waals surface area contributed by atoms with Gasteiger partial charge in [0.1, 0.15) is 0 Å². The predicted octanol–water partition coefficient (Wildman–Crippen LogP) is 5.42. The van der Waals surface area contributed by atoms with Crippen LogP contribution in [0.1, 0.15) is 33.1 Å². The van der Waals surface area contributed by atoms with E-state index in [1.165, 1.54) is 0 Å². The number of carbonyl (C=O) groups is 3. The summed E-state index contributed by atoms with van der Waals surface area (Å²) >= 11 is 0. The summed E-state index contributed by atoms with van der Waals surface area (Å²) in [6.45, 7) is 23.6. The average molecular weight is 621 g/mol. The van der Waals surface area contributed by atoms with Crippen LogP contribution in [0.2, 0.25) is 44.3 Å². The average Bonchev–Trinajstić information content (AvgIpc) is 2.88. The molecule has 0 saturated heterocycles. The van der Waals surface area contributed by atoms with E-state index in [2.05, 4.69) is 45.9 Å². The zero-order chi connectivity index (χ0) is 31.4. The molecule has 0 aromatic rings. The summed E-state index contributed by atoms with van der Waals surface area (Å²) in [7, 11) is -1.49. The molecule has 0 spiro atoms. The summed E-state index contributed by atoms with van der Waals surface area (Å²) in [5.41, 5.74) is 0.849. The largest absolute Gasteiger partial charge is 0.500 e. The molecular formula is C27H52O10Si3. The van der Waals surface area contributed by atoms with Crippen molar-refractivity contribution < 1.29 is 46.0 Å². The first-order valence-corrected chi connectivity index (χ1v) is 21.5. The summed E-state index contributed by atoms with van der Waals surface area (Å²) < 4.78 is 37.2. The Morgan fingerprint density at radius 2 is 1.00 bits per heavy atom. The predicted molar refractivity (Wildman–Crippen MR) is 164 cm³/mol. The third-order valence-electron chi connectivity index (χ3n) is 5.53. The quantitative estimate of drug-likeness (QED) is 0.0575. The Balaban J connectivity index is 0. The highest BCUT2D eigenvalue weighted by Gasteiger charge is 2.37. The molecule has 0 unspecified atom stereocenters. The van der Waals surface area contributed by atoms with E-state index in [0.717, 1.165) is 31.0 Å². The maximum absolute atomic E-state index is 11.4. The molecule has 10 nitrogen and oxygen atoms in total. The highest BCUT2D eigenvalue weighted by molar-refractivity contribution is 6.84. The van der Waals surface area contributed by atoms with Crippen LogP contribution >= 0.6 is 0 Å². The summed E-state index contributed by atoms with van der Waals surface area (Å²) in [6, 6.07) is 2.50. The lowest BCUT2D eigenvalue weighted by Gasteiger charge is -2.34. The first-order valence-electron chi connectivity index (χ1n) is 13.3. The Bertz CT molecular complexity index is 771. The maximum Gasteiger partial charge on any atom is 0.500 e. The summed E-state index contributed by atoms with van der Waals surface area (Å²) in [5, 5.41) is 0. The van der Waals surface area contributed by atoms with Crippen molar-refractivity contribution in [2.24, 2.45) is 0 Å². The van der Waals surface area contributed by atoms with Crippen LogP contribution in [0.5, 0.6) is 0 Å². The van der Waals surface area contributed by atoms with Gasteiger partial charge in [0.05, 0.1) is 19.8 Å². The fourth-order valence-electron chi connectivity index (χ4n) is 3.50. The van der Waals surface area contributed by atoms with Gasteiger partial charge < -0.3 is 31.6 Å². The second kappa shape index (κ2) is 20.9. The molecule has 0 aromatic carbocycles. The van der Waals surface area contributed by atoms with Gasteiger partial charge in [-0.1, -0.05) is 19.7 Å². The molecule has 0 aliphatic carbocycles. The van der Waals surface area contributed by atoms with Gasteiger partial charge >= 0.3 is 26.7 Å². The molecule has 0 aromatic heterocycles. The molecule has 0 atom stereocenters. The van der Waals surface area contributed by atoms with E-state index in [1.807, 2.05) is 0 Å². The van der Waals surface area contributed by atoms with Gasteiger partial charge in [-0.2, -0.15) is 0 Å². The van der Waals surface area contributed by atoms with Crippen LogP contribution in [0.3, 0.4) is 0 Å². The van der Waals surface area contributed by atoms with Crippen molar-refractivity contribution >= 4 is 43.3 Å². The van der Waals surface area contributed by atoms with Gasteiger partial charge in [0.25, 0.3) is 0 Å². The van der Waals surface area contributed by atoms with Gasteiger partial charge in [-0.25, -0.2) is 14.4 Å². The summed E-state index contributed by atoms with van der Waals surface area (Å²) in [6.07, 6.45) is 3.38. The number of rotatable bonds is 20. The minimum Gasteiger partial charge on any atom is -0.463 e. The van der Waals surface area contributed by atoms with Crippen molar-refractivity contribution in [3.63, 3.8) is 0 Å². The van der Waals surface area contributed by atoms with Gasteiger partial charge in [0.2, 0.25) is 0 Å². The number of hydrogen-bond donors (Lipinski definition) is 0. The molecule has 0 radical (unpaired) electrons. The Labute approximate surface area is 244 Å². The van der Waals surface area contributed by atoms with E-state index in [1.54, 1.807) is 35.2 Å². The first-order chi connectivity index (χ1) is 18.5. The van der Waals surface area contributed by atoms with Crippen molar-refractivity contribution in [2.75, 3.05) is 41.2 Å². The van der Waals surface area contributed by atoms with Crippen molar-refractivity contribution in [1.29, 1.82) is 0 Å². The van der Waals surface area contributed by atoms with Gasteiger partial charge in [-0.15, -0.1) is 0 Å². The normalized spacial score (nSPS) is 11.5. The fraction of sp³-hybridized carbons (Fsp3) is 0.667. The van der Waals surface area contributed by atoms with Crippen molar-refractivity contribution in [3.05, 3.63) is 37.0 Å². The van der Waals surface area contributed by atoms with Crippen LogP contribution < -0.4 is 0 Å². The highest BCUT2D eigenvalue weighted by Crippen LogP contribution is 2.24. The van der Waals surface area contributed by atoms with E-state index in [9.17, 15) is 14.4 Å². The van der Waals surface area contributed by atoms with Crippen molar-refractivity contribution in [1.82, 2.24) is 0 Å². The Hall–Kier alpha value is -1.88. The minimum atomic E-state index is -2.52. The topological polar surface area (TPSA) is 116 Å².